The van der Waals surface area contributed by atoms with E-state index < -0.39 is 23.4 Å². The summed E-state index contributed by atoms with van der Waals surface area (Å²) in [5.74, 6) is 0. The molecule has 0 aromatic carbocycles. The summed E-state index contributed by atoms with van der Waals surface area (Å²) in [5, 5.41) is 11.5. The van der Waals surface area contributed by atoms with Gasteiger partial charge in [-0.15, -0.1) is 0 Å². The van der Waals surface area contributed by atoms with E-state index >= 15 is 0 Å². The maximum absolute atomic E-state index is 13.7. The third-order valence-corrected chi connectivity index (χ3v) is 2.27. The Morgan fingerprint density at radius 2 is 2.18 bits per heavy atom. The molecule has 1 rings (SSSR count). The highest BCUT2D eigenvalue weighted by Gasteiger charge is 2.41. The fourth-order valence-electron chi connectivity index (χ4n) is 1.52. The Kier molecular flexibility index (Phi) is 4.32. The summed E-state index contributed by atoms with van der Waals surface area (Å²) >= 11 is 0. The molecule has 17 heavy (non-hydrogen) atoms. The molecule has 1 unspecified atom stereocenters. The van der Waals surface area contributed by atoms with Gasteiger partial charge in [0.15, 0.2) is 5.67 Å². The summed E-state index contributed by atoms with van der Waals surface area (Å²) in [7, 11) is 0. The highest BCUT2D eigenvalue weighted by Crippen LogP contribution is 2.27. The molecule has 1 amide bonds. The second-order valence-electron chi connectivity index (χ2n) is 5.37. The van der Waals surface area contributed by atoms with Crippen LogP contribution >= 0.6 is 0 Å². The van der Waals surface area contributed by atoms with Gasteiger partial charge in [-0.25, -0.2) is 9.18 Å². The molecular weight excluding hydrogens is 229 g/mol. The van der Waals surface area contributed by atoms with Crippen LogP contribution in [-0.2, 0) is 9.47 Å². The van der Waals surface area contributed by atoms with Crippen molar-refractivity contribution in [2.75, 3.05) is 19.8 Å². The number of carbonyl (C=O) groups excluding carboxylic acids is 1. The molecule has 1 fully saturated rings. The molecule has 0 spiro atoms. The van der Waals surface area contributed by atoms with Crippen LogP contribution < -0.4 is 5.32 Å². The van der Waals surface area contributed by atoms with Crippen molar-refractivity contribution in [3.63, 3.8) is 0 Å². The first-order valence-corrected chi connectivity index (χ1v) is 5.61. The van der Waals surface area contributed by atoms with Crippen LogP contribution in [0.2, 0.25) is 0 Å². The Hall–Kier alpha value is -0.880. The molecule has 1 aliphatic rings. The minimum absolute atomic E-state index is 0.0134. The zero-order valence-corrected chi connectivity index (χ0v) is 10.5. The smallest absolute Gasteiger partial charge is 0.407 e. The Bertz CT molecular complexity index is 273. The van der Waals surface area contributed by atoms with Gasteiger partial charge in [0.25, 0.3) is 0 Å². The third kappa shape index (κ3) is 4.87. The van der Waals surface area contributed by atoms with Gasteiger partial charge in [-0.1, -0.05) is 0 Å². The van der Waals surface area contributed by atoms with Crippen LogP contribution in [0.15, 0.2) is 0 Å². The largest absolute Gasteiger partial charge is 0.444 e. The Morgan fingerprint density at radius 1 is 1.59 bits per heavy atom. The highest BCUT2D eigenvalue weighted by atomic mass is 19.1. The van der Waals surface area contributed by atoms with Gasteiger partial charge in [0.2, 0.25) is 0 Å². The van der Waals surface area contributed by atoms with Crippen molar-refractivity contribution in [1.29, 1.82) is 0 Å². The van der Waals surface area contributed by atoms with E-state index in [1.54, 1.807) is 20.8 Å². The van der Waals surface area contributed by atoms with Crippen LogP contribution in [0.1, 0.15) is 27.2 Å². The van der Waals surface area contributed by atoms with E-state index in [0.717, 1.165) is 0 Å². The van der Waals surface area contributed by atoms with E-state index in [2.05, 4.69) is 5.32 Å². The number of carbonyl (C=O) groups is 1. The Balaban J connectivity index is 2.38. The highest BCUT2D eigenvalue weighted by molar-refractivity contribution is 5.68. The van der Waals surface area contributed by atoms with Gasteiger partial charge in [-0.3, -0.25) is 0 Å². The summed E-state index contributed by atoms with van der Waals surface area (Å²) in [6.07, 6.45) is -0.622. The van der Waals surface area contributed by atoms with Gasteiger partial charge in [-0.2, -0.15) is 0 Å². The van der Waals surface area contributed by atoms with Crippen LogP contribution in [0.5, 0.6) is 0 Å². The molecule has 5 nitrogen and oxygen atoms in total. The lowest BCUT2D eigenvalue weighted by atomic mass is 9.95. The van der Waals surface area contributed by atoms with Crippen LogP contribution in [-0.4, -0.2) is 48.3 Å². The number of aliphatic hydroxyl groups is 1. The van der Waals surface area contributed by atoms with E-state index in [-0.39, 0.29) is 26.2 Å². The molecule has 1 saturated heterocycles. The van der Waals surface area contributed by atoms with Crippen LogP contribution in [0.3, 0.4) is 0 Å². The lowest BCUT2D eigenvalue weighted by Crippen LogP contribution is -2.52. The molecule has 0 radical (unpaired) electrons. The van der Waals surface area contributed by atoms with E-state index in [0.29, 0.717) is 0 Å². The number of aliphatic hydroxyl groups excluding tert-OH is 1. The fourth-order valence-corrected chi connectivity index (χ4v) is 1.52. The summed E-state index contributed by atoms with van der Waals surface area (Å²) in [5.41, 5.74) is -2.06. The number of hydrogen-bond donors (Lipinski definition) is 2. The first kappa shape index (κ1) is 14.2. The summed E-state index contributed by atoms with van der Waals surface area (Å²) < 4.78 is 23.5. The third-order valence-electron chi connectivity index (χ3n) is 2.27. The molecule has 0 aromatic heterocycles. The average Bonchev–Trinajstić information content (AvgIpc) is 2.11. The zero-order valence-electron chi connectivity index (χ0n) is 10.5. The predicted molar refractivity (Wildman–Crippen MR) is 59.5 cm³/mol. The minimum atomic E-state index is -1.44. The summed E-state index contributed by atoms with van der Waals surface area (Å²) in [6.45, 7) is 4.90. The summed E-state index contributed by atoms with van der Waals surface area (Å²) in [4.78, 5) is 11.4. The molecule has 0 saturated carbocycles. The van der Waals surface area contributed by atoms with Crippen molar-refractivity contribution >= 4 is 6.09 Å². The molecule has 1 aliphatic heterocycles. The van der Waals surface area contributed by atoms with Gasteiger partial charge >= 0.3 is 6.09 Å². The molecule has 100 valence electrons. The van der Waals surface area contributed by atoms with Gasteiger partial charge < -0.3 is 19.9 Å². The number of rotatable bonds is 4. The number of hydrogen-bond acceptors (Lipinski definition) is 4. The van der Waals surface area contributed by atoms with Crippen molar-refractivity contribution in [3.8, 4) is 0 Å². The molecule has 1 heterocycles. The van der Waals surface area contributed by atoms with Crippen molar-refractivity contribution in [3.05, 3.63) is 0 Å². The predicted octanol–water partition coefficient (Wildman–Crippen LogP) is 1.00. The number of nitrogens with one attached hydrogen (secondary N) is 1. The molecule has 0 bridgehead atoms. The molecular formula is C11H20FNO4. The van der Waals surface area contributed by atoms with E-state index in [4.69, 9.17) is 14.6 Å². The quantitative estimate of drug-likeness (QED) is 0.780. The maximum Gasteiger partial charge on any atom is 0.407 e. The number of alkyl halides is 1. The molecule has 1 atom stereocenters. The van der Waals surface area contributed by atoms with E-state index in [1.807, 2.05) is 0 Å². The van der Waals surface area contributed by atoms with Gasteiger partial charge in [0, 0.05) is 6.42 Å². The van der Waals surface area contributed by atoms with Crippen molar-refractivity contribution in [1.82, 2.24) is 5.32 Å². The lowest BCUT2D eigenvalue weighted by molar-refractivity contribution is -0.138. The summed E-state index contributed by atoms with van der Waals surface area (Å²) in [6, 6.07) is -0.654. The van der Waals surface area contributed by atoms with Crippen LogP contribution in [0.4, 0.5) is 9.18 Å². The zero-order chi connectivity index (χ0) is 13.1. The van der Waals surface area contributed by atoms with Crippen molar-refractivity contribution in [2.24, 2.45) is 0 Å². The molecule has 6 heteroatoms. The van der Waals surface area contributed by atoms with E-state index in [9.17, 15) is 9.18 Å². The number of halogens is 1. The number of ether oxygens (including phenoxy) is 2. The standard InChI is InChI=1S/C11H20FNO4/c1-10(2,3)17-9(15)13-8(5-14)4-11(12)6-16-7-11/h8,14H,4-7H2,1-3H3,(H,13,15). The van der Waals surface area contributed by atoms with Gasteiger partial charge in [0.1, 0.15) is 5.60 Å². The van der Waals surface area contributed by atoms with Crippen molar-refractivity contribution in [2.45, 2.75) is 44.5 Å². The fraction of sp³-hybridized carbons (Fsp3) is 0.909. The Morgan fingerprint density at radius 3 is 2.53 bits per heavy atom. The lowest BCUT2D eigenvalue weighted by Gasteiger charge is -2.36. The van der Waals surface area contributed by atoms with Crippen LogP contribution in [0.25, 0.3) is 0 Å². The topological polar surface area (TPSA) is 67.8 Å². The molecule has 0 aliphatic carbocycles. The second kappa shape index (κ2) is 5.18. The monoisotopic (exact) mass is 249 g/mol. The average molecular weight is 249 g/mol. The SMILES string of the molecule is CC(C)(C)OC(=O)NC(CO)CC1(F)COC1. The number of amides is 1. The number of alkyl carbamates (subject to hydrolysis) is 1. The minimum Gasteiger partial charge on any atom is -0.444 e. The normalized spacial score (nSPS) is 20.3. The van der Waals surface area contributed by atoms with Crippen molar-refractivity contribution < 1.29 is 23.8 Å². The Labute approximate surface area is 100 Å². The first-order valence-electron chi connectivity index (χ1n) is 5.61. The second-order valence-corrected chi connectivity index (χ2v) is 5.37. The maximum atomic E-state index is 13.7. The molecule has 2 N–H and O–H groups in total. The van der Waals surface area contributed by atoms with Gasteiger partial charge in [-0.05, 0) is 20.8 Å². The van der Waals surface area contributed by atoms with Crippen LogP contribution in [0, 0.1) is 0 Å². The van der Waals surface area contributed by atoms with E-state index in [1.165, 1.54) is 0 Å². The van der Waals surface area contributed by atoms with Gasteiger partial charge in [0.05, 0.1) is 25.9 Å². The first-order chi connectivity index (χ1) is 7.74. The molecule has 0 aromatic rings.